The molecule has 0 spiro atoms. The molecule has 0 unspecified atom stereocenters. The average Bonchev–Trinajstić information content (AvgIpc) is 2.28. The van der Waals surface area contributed by atoms with E-state index < -0.39 is 11.4 Å². The van der Waals surface area contributed by atoms with Crippen LogP contribution in [-0.2, 0) is 10.2 Å². The van der Waals surface area contributed by atoms with E-state index in [1.807, 2.05) is 39.8 Å². The van der Waals surface area contributed by atoms with Gasteiger partial charge in [0.15, 0.2) is 11.5 Å². The highest BCUT2D eigenvalue weighted by Crippen LogP contribution is 2.43. The van der Waals surface area contributed by atoms with Crippen LogP contribution in [0.25, 0.3) is 0 Å². The molecular formula is C15H21BrO4. The zero-order valence-electron chi connectivity index (χ0n) is 12.5. The van der Waals surface area contributed by atoms with Gasteiger partial charge in [-0.05, 0) is 26.0 Å². The predicted molar refractivity (Wildman–Crippen MR) is 81.7 cm³/mol. The van der Waals surface area contributed by atoms with E-state index in [9.17, 15) is 4.79 Å². The number of benzene rings is 1. The molecule has 4 nitrogen and oxygen atoms in total. The van der Waals surface area contributed by atoms with Crippen molar-refractivity contribution in [2.24, 2.45) is 0 Å². The number of hydrogen-bond acceptors (Lipinski definition) is 3. The average molecular weight is 345 g/mol. The Morgan fingerprint density at radius 1 is 1.40 bits per heavy atom. The van der Waals surface area contributed by atoms with Crippen LogP contribution in [-0.4, -0.2) is 24.3 Å². The summed E-state index contributed by atoms with van der Waals surface area (Å²) in [4.78, 5) is 11.1. The van der Waals surface area contributed by atoms with Crippen LogP contribution in [0.1, 0.15) is 39.7 Å². The molecule has 20 heavy (non-hydrogen) atoms. The van der Waals surface area contributed by atoms with E-state index in [-0.39, 0.29) is 12.5 Å². The summed E-state index contributed by atoms with van der Waals surface area (Å²) in [6.07, 6.45) is -0.00871. The number of methoxy groups -OCH3 is 1. The zero-order chi connectivity index (χ0) is 15.5. The van der Waals surface area contributed by atoms with Gasteiger partial charge in [0.2, 0.25) is 0 Å². The fraction of sp³-hybridized carbons (Fsp3) is 0.533. The van der Waals surface area contributed by atoms with E-state index in [0.29, 0.717) is 11.5 Å². The molecule has 0 bridgehead atoms. The number of aliphatic carboxylic acids is 1. The third-order valence-electron chi connectivity index (χ3n) is 2.92. The van der Waals surface area contributed by atoms with Crippen LogP contribution in [0.3, 0.4) is 0 Å². The number of hydrogen-bond donors (Lipinski definition) is 1. The Kier molecular flexibility index (Phi) is 5.45. The van der Waals surface area contributed by atoms with Crippen LogP contribution in [0.4, 0.5) is 0 Å². The Morgan fingerprint density at radius 2 is 2.00 bits per heavy atom. The third kappa shape index (κ3) is 4.13. The van der Waals surface area contributed by atoms with Gasteiger partial charge in [-0.15, -0.1) is 0 Å². The molecule has 1 N–H and O–H groups in total. The minimum atomic E-state index is -0.843. The van der Waals surface area contributed by atoms with Crippen LogP contribution in [0, 0.1) is 0 Å². The molecule has 0 aliphatic rings. The molecule has 1 aromatic carbocycles. The van der Waals surface area contributed by atoms with Gasteiger partial charge in [0, 0.05) is 15.5 Å². The summed E-state index contributed by atoms with van der Waals surface area (Å²) >= 11 is 3.43. The van der Waals surface area contributed by atoms with Crippen molar-refractivity contribution in [2.45, 2.75) is 45.6 Å². The highest BCUT2D eigenvalue weighted by atomic mass is 79.9. The molecule has 112 valence electrons. The maximum absolute atomic E-state index is 11.1. The van der Waals surface area contributed by atoms with Crippen LogP contribution in [0.15, 0.2) is 16.6 Å². The van der Waals surface area contributed by atoms with Crippen LogP contribution >= 0.6 is 15.9 Å². The first-order chi connectivity index (χ1) is 9.17. The largest absolute Gasteiger partial charge is 0.493 e. The monoisotopic (exact) mass is 344 g/mol. The van der Waals surface area contributed by atoms with Crippen molar-refractivity contribution < 1.29 is 19.4 Å². The fourth-order valence-electron chi connectivity index (χ4n) is 2.05. The molecule has 0 radical (unpaired) electrons. The van der Waals surface area contributed by atoms with E-state index in [2.05, 4.69) is 15.9 Å². The topological polar surface area (TPSA) is 55.8 Å². The molecule has 0 aromatic heterocycles. The van der Waals surface area contributed by atoms with Crippen molar-refractivity contribution in [1.82, 2.24) is 0 Å². The van der Waals surface area contributed by atoms with Crippen molar-refractivity contribution in [3.8, 4) is 11.5 Å². The van der Waals surface area contributed by atoms with Crippen LogP contribution in [0.5, 0.6) is 11.5 Å². The van der Waals surface area contributed by atoms with Crippen LogP contribution in [0.2, 0.25) is 0 Å². The molecule has 5 heteroatoms. The Hall–Kier alpha value is -1.23. The fourth-order valence-corrected chi connectivity index (χ4v) is 2.49. The number of rotatable bonds is 6. The maximum Gasteiger partial charge on any atom is 0.304 e. The van der Waals surface area contributed by atoms with Gasteiger partial charge < -0.3 is 14.6 Å². The molecule has 0 fully saturated rings. The minimum absolute atomic E-state index is 0.0149. The summed E-state index contributed by atoms with van der Waals surface area (Å²) in [6, 6.07) is 3.71. The lowest BCUT2D eigenvalue weighted by Crippen LogP contribution is -2.24. The lowest BCUT2D eigenvalue weighted by molar-refractivity contribution is -0.138. The number of carboxylic acid groups (broad SMARTS) is 1. The lowest BCUT2D eigenvalue weighted by Gasteiger charge is -2.28. The first-order valence-corrected chi connectivity index (χ1v) is 7.23. The molecule has 0 saturated carbocycles. The van der Waals surface area contributed by atoms with E-state index in [1.165, 1.54) is 0 Å². The summed E-state index contributed by atoms with van der Waals surface area (Å²) in [5, 5.41) is 9.10. The zero-order valence-corrected chi connectivity index (χ0v) is 14.1. The first kappa shape index (κ1) is 16.8. The summed E-state index contributed by atoms with van der Waals surface area (Å²) in [7, 11) is 1.57. The molecule has 0 aliphatic carbocycles. The second-order valence-electron chi connectivity index (χ2n) is 5.61. The normalized spacial score (nSPS) is 11.6. The van der Waals surface area contributed by atoms with Gasteiger partial charge in [-0.3, -0.25) is 4.79 Å². The van der Waals surface area contributed by atoms with Gasteiger partial charge in [0.05, 0.1) is 19.6 Å². The summed E-state index contributed by atoms with van der Waals surface area (Å²) in [5.41, 5.74) is 0.257. The summed E-state index contributed by atoms with van der Waals surface area (Å²) < 4.78 is 12.0. The van der Waals surface area contributed by atoms with Crippen molar-refractivity contribution in [3.05, 3.63) is 22.2 Å². The number of halogens is 1. The Morgan fingerprint density at radius 3 is 2.45 bits per heavy atom. The van der Waals surface area contributed by atoms with Crippen molar-refractivity contribution in [1.29, 1.82) is 0 Å². The van der Waals surface area contributed by atoms with Gasteiger partial charge in [-0.25, -0.2) is 0 Å². The molecule has 0 atom stereocenters. The van der Waals surface area contributed by atoms with Gasteiger partial charge in [-0.2, -0.15) is 0 Å². The SMILES string of the molecule is COc1cc(Br)cc(C(C)(C)CC(=O)O)c1OC(C)C. The van der Waals surface area contributed by atoms with Gasteiger partial charge in [0.1, 0.15) is 0 Å². The van der Waals surface area contributed by atoms with Crippen LogP contribution < -0.4 is 9.47 Å². The van der Waals surface area contributed by atoms with Crippen molar-refractivity contribution >= 4 is 21.9 Å². The lowest BCUT2D eigenvalue weighted by atomic mass is 9.81. The van der Waals surface area contributed by atoms with Crippen molar-refractivity contribution in [2.75, 3.05) is 7.11 Å². The highest BCUT2D eigenvalue weighted by molar-refractivity contribution is 9.10. The smallest absolute Gasteiger partial charge is 0.304 e. The number of ether oxygens (including phenoxy) is 2. The van der Waals surface area contributed by atoms with E-state index in [4.69, 9.17) is 14.6 Å². The summed E-state index contributed by atoms with van der Waals surface area (Å²) in [5.74, 6) is 0.364. The second-order valence-corrected chi connectivity index (χ2v) is 6.52. The van der Waals surface area contributed by atoms with E-state index >= 15 is 0 Å². The maximum atomic E-state index is 11.1. The minimum Gasteiger partial charge on any atom is -0.493 e. The molecule has 0 heterocycles. The Labute approximate surface area is 128 Å². The molecule has 1 rings (SSSR count). The number of carboxylic acids is 1. The predicted octanol–water partition coefficient (Wildman–Crippen LogP) is 4.00. The highest BCUT2D eigenvalue weighted by Gasteiger charge is 2.30. The molecule has 1 aromatic rings. The van der Waals surface area contributed by atoms with E-state index in [1.54, 1.807) is 7.11 Å². The Balaban J connectivity index is 3.42. The van der Waals surface area contributed by atoms with Crippen molar-refractivity contribution in [3.63, 3.8) is 0 Å². The van der Waals surface area contributed by atoms with Gasteiger partial charge in [-0.1, -0.05) is 29.8 Å². The quantitative estimate of drug-likeness (QED) is 0.847. The molecule has 0 amide bonds. The first-order valence-electron chi connectivity index (χ1n) is 6.44. The van der Waals surface area contributed by atoms with Gasteiger partial charge >= 0.3 is 5.97 Å². The van der Waals surface area contributed by atoms with E-state index in [0.717, 1.165) is 10.0 Å². The Bertz CT molecular complexity index is 495. The molecular weight excluding hydrogens is 324 g/mol. The third-order valence-corrected chi connectivity index (χ3v) is 3.37. The molecule has 0 aliphatic heterocycles. The standard InChI is InChI=1S/C15H21BrO4/c1-9(2)20-14-11(15(3,4)8-13(17)18)6-10(16)7-12(14)19-5/h6-7,9H,8H2,1-5H3,(H,17,18). The molecule has 0 saturated heterocycles. The number of carbonyl (C=O) groups is 1. The van der Waals surface area contributed by atoms with Gasteiger partial charge in [0.25, 0.3) is 0 Å². The summed E-state index contributed by atoms with van der Waals surface area (Å²) in [6.45, 7) is 7.62. The second kappa shape index (κ2) is 6.48.